The highest BCUT2D eigenvalue weighted by Gasteiger charge is 2.23. The van der Waals surface area contributed by atoms with Gasteiger partial charge in [0.1, 0.15) is 5.75 Å². The molecule has 3 heteroatoms. The van der Waals surface area contributed by atoms with Gasteiger partial charge in [0, 0.05) is 17.5 Å². The molecule has 0 bridgehead atoms. The molecule has 3 rings (SSSR count). The number of rotatable bonds is 6. The molecule has 0 saturated heterocycles. The summed E-state index contributed by atoms with van der Waals surface area (Å²) in [6.45, 7) is 4.13. The lowest BCUT2D eigenvalue weighted by atomic mass is 9.85. The first kappa shape index (κ1) is 18.7. The first-order chi connectivity index (χ1) is 13.1. The van der Waals surface area contributed by atoms with Crippen molar-refractivity contribution in [1.82, 2.24) is 5.32 Å². The van der Waals surface area contributed by atoms with Crippen LogP contribution in [0.25, 0.3) is 0 Å². The Balaban J connectivity index is 1.90. The van der Waals surface area contributed by atoms with Crippen LogP contribution in [0.4, 0.5) is 0 Å². The monoisotopic (exact) mass is 359 g/mol. The molecule has 0 radical (unpaired) electrons. The summed E-state index contributed by atoms with van der Waals surface area (Å²) >= 11 is 0. The molecule has 1 N–H and O–H groups in total. The van der Waals surface area contributed by atoms with E-state index < -0.39 is 0 Å². The third-order valence-corrected chi connectivity index (χ3v) is 4.81. The Labute approximate surface area is 161 Å². The van der Waals surface area contributed by atoms with E-state index in [4.69, 9.17) is 4.74 Å². The van der Waals surface area contributed by atoms with Crippen molar-refractivity contribution in [1.29, 1.82) is 0 Å². The first-order valence-electron chi connectivity index (χ1n) is 9.15. The van der Waals surface area contributed by atoms with Gasteiger partial charge in [-0.2, -0.15) is 0 Å². The quantitative estimate of drug-likeness (QED) is 0.676. The second-order valence-corrected chi connectivity index (χ2v) is 6.79. The molecule has 3 nitrogen and oxygen atoms in total. The lowest BCUT2D eigenvalue weighted by Gasteiger charge is -2.26. The molecule has 3 aromatic carbocycles. The van der Waals surface area contributed by atoms with Crippen LogP contribution in [0.15, 0.2) is 78.9 Å². The molecule has 138 valence electrons. The van der Waals surface area contributed by atoms with Gasteiger partial charge in [-0.25, -0.2) is 0 Å². The van der Waals surface area contributed by atoms with Crippen molar-refractivity contribution in [2.45, 2.75) is 25.8 Å². The van der Waals surface area contributed by atoms with Crippen LogP contribution in [-0.2, 0) is 0 Å². The SMILES string of the molecule is COc1ccc([C@@H](c2ccc(C)cc2)[C@@H](C)NC(=O)c2ccccc2)cc1. The molecule has 3 aromatic rings. The molecule has 0 aliphatic rings. The molecule has 0 fully saturated rings. The number of benzene rings is 3. The molecule has 2 atom stereocenters. The van der Waals surface area contributed by atoms with Gasteiger partial charge in [0.25, 0.3) is 5.91 Å². The zero-order chi connectivity index (χ0) is 19.2. The van der Waals surface area contributed by atoms with Crippen molar-refractivity contribution in [3.8, 4) is 5.75 Å². The Morgan fingerprint density at radius 2 is 1.41 bits per heavy atom. The predicted octanol–water partition coefficient (Wildman–Crippen LogP) is 4.95. The number of methoxy groups -OCH3 is 1. The van der Waals surface area contributed by atoms with Crippen molar-refractivity contribution < 1.29 is 9.53 Å². The minimum absolute atomic E-state index is 0.0455. The van der Waals surface area contributed by atoms with E-state index in [9.17, 15) is 4.79 Å². The number of ether oxygens (including phenoxy) is 1. The van der Waals surface area contributed by atoms with Gasteiger partial charge in [0.15, 0.2) is 0 Å². The molecule has 0 spiro atoms. The van der Waals surface area contributed by atoms with Gasteiger partial charge < -0.3 is 10.1 Å². The van der Waals surface area contributed by atoms with Crippen LogP contribution >= 0.6 is 0 Å². The van der Waals surface area contributed by atoms with E-state index in [2.05, 4.69) is 55.6 Å². The topological polar surface area (TPSA) is 38.3 Å². The van der Waals surface area contributed by atoms with Crippen LogP contribution in [-0.4, -0.2) is 19.1 Å². The van der Waals surface area contributed by atoms with Gasteiger partial charge in [-0.15, -0.1) is 0 Å². The van der Waals surface area contributed by atoms with Crippen LogP contribution in [0.1, 0.15) is 39.9 Å². The van der Waals surface area contributed by atoms with Crippen LogP contribution in [0.3, 0.4) is 0 Å². The summed E-state index contributed by atoms with van der Waals surface area (Å²) in [5, 5.41) is 3.17. The highest BCUT2D eigenvalue weighted by Crippen LogP contribution is 2.30. The summed E-state index contributed by atoms with van der Waals surface area (Å²) in [5.41, 5.74) is 4.20. The smallest absolute Gasteiger partial charge is 0.251 e. The van der Waals surface area contributed by atoms with Crippen molar-refractivity contribution in [3.63, 3.8) is 0 Å². The number of aryl methyl sites for hydroxylation is 1. The van der Waals surface area contributed by atoms with Gasteiger partial charge in [-0.3, -0.25) is 4.79 Å². The Hall–Kier alpha value is -3.07. The van der Waals surface area contributed by atoms with E-state index in [1.807, 2.05) is 42.5 Å². The third-order valence-electron chi connectivity index (χ3n) is 4.81. The van der Waals surface area contributed by atoms with Gasteiger partial charge >= 0.3 is 0 Å². The average molecular weight is 359 g/mol. The van der Waals surface area contributed by atoms with Crippen molar-refractivity contribution in [3.05, 3.63) is 101 Å². The lowest BCUT2D eigenvalue weighted by molar-refractivity contribution is 0.0937. The maximum absolute atomic E-state index is 12.6. The number of carbonyl (C=O) groups excluding carboxylic acids is 1. The second kappa shape index (κ2) is 8.54. The Morgan fingerprint density at radius 1 is 0.852 bits per heavy atom. The van der Waals surface area contributed by atoms with Crippen LogP contribution < -0.4 is 10.1 Å². The molecule has 0 saturated carbocycles. The molecule has 0 aliphatic carbocycles. The zero-order valence-corrected chi connectivity index (χ0v) is 16.0. The van der Waals surface area contributed by atoms with E-state index in [1.165, 1.54) is 11.1 Å². The molecule has 0 aromatic heterocycles. The molecule has 0 heterocycles. The lowest BCUT2D eigenvalue weighted by Crippen LogP contribution is -2.37. The molecular weight excluding hydrogens is 334 g/mol. The summed E-state index contributed by atoms with van der Waals surface area (Å²) in [7, 11) is 1.66. The third kappa shape index (κ3) is 4.56. The fourth-order valence-electron chi connectivity index (χ4n) is 3.32. The van der Waals surface area contributed by atoms with Crippen LogP contribution in [0, 0.1) is 6.92 Å². The summed E-state index contributed by atoms with van der Waals surface area (Å²) in [6, 6.07) is 25.8. The summed E-state index contributed by atoms with van der Waals surface area (Å²) in [5.74, 6) is 0.806. The van der Waals surface area contributed by atoms with Gasteiger partial charge in [0.2, 0.25) is 0 Å². The summed E-state index contributed by atoms with van der Waals surface area (Å²) in [6.07, 6.45) is 0. The molecular formula is C24H25NO2. The van der Waals surface area contributed by atoms with Gasteiger partial charge in [0.05, 0.1) is 7.11 Å². The van der Waals surface area contributed by atoms with Crippen molar-refractivity contribution >= 4 is 5.91 Å². The maximum Gasteiger partial charge on any atom is 0.251 e. The second-order valence-electron chi connectivity index (χ2n) is 6.79. The Bertz CT molecular complexity index is 871. The Kier molecular flexibility index (Phi) is 5.92. The number of hydrogen-bond donors (Lipinski definition) is 1. The maximum atomic E-state index is 12.6. The standard InChI is InChI=1S/C24H25NO2/c1-17-9-11-19(12-10-17)23(20-13-15-22(27-3)16-14-20)18(2)25-24(26)21-7-5-4-6-8-21/h4-16,18,23H,1-3H3,(H,25,26)/t18-,23-/m1/s1. The minimum atomic E-state index is -0.0752. The summed E-state index contributed by atoms with van der Waals surface area (Å²) < 4.78 is 5.28. The average Bonchev–Trinajstić information content (AvgIpc) is 2.71. The van der Waals surface area contributed by atoms with Crippen LogP contribution in [0.5, 0.6) is 5.75 Å². The zero-order valence-electron chi connectivity index (χ0n) is 16.0. The molecule has 0 unspecified atom stereocenters. The molecule has 1 amide bonds. The number of amides is 1. The van der Waals surface area contributed by atoms with E-state index >= 15 is 0 Å². The van der Waals surface area contributed by atoms with Crippen LogP contribution in [0.2, 0.25) is 0 Å². The summed E-state index contributed by atoms with van der Waals surface area (Å²) in [4.78, 5) is 12.6. The van der Waals surface area contributed by atoms with E-state index in [-0.39, 0.29) is 17.9 Å². The largest absolute Gasteiger partial charge is 0.497 e. The first-order valence-corrected chi connectivity index (χ1v) is 9.15. The minimum Gasteiger partial charge on any atom is -0.497 e. The highest BCUT2D eigenvalue weighted by molar-refractivity contribution is 5.94. The predicted molar refractivity (Wildman–Crippen MR) is 109 cm³/mol. The fraction of sp³-hybridized carbons (Fsp3) is 0.208. The van der Waals surface area contributed by atoms with Gasteiger partial charge in [-0.1, -0.05) is 60.2 Å². The molecule has 0 aliphatic heterocycles. The molecule has 27 heavy (non-hydrogen) atoms. The highest BCUT2D eigenvalue weighted by atomic mass is 16.5. The number of nitrogens with one attached hydrogen (secondary N) is 1. The number of carbonyl (C=O) groups is 1. The van der Waals surface area contributed by atoms with E-state index in [0.717, 1.165) is 11.3 Å². The number of hydrogen-bond acceptors (Lipinski definition) is 2. The van der Waals surface area contributed by atoms with Gasteiger partial charge in [-0.05, 0) is 49.2 Å². The van der Waals surface area contributed by atoms with E-state index in [1.54, 1.807) is 7.11 Å². The normalized spacial score (nSPS) is 12.9. The van der Waals surface area contributed by atoms with Crippen molar-refractivity contribution in [2.24, 2.45) is 0 Å². The van der Waals surface area contributed by atoms with E-state index in [0.29, 0.717) is 5.56 Å². The fourth-order valence-corrected chi connectivity index (χ4v) is 3.32. The van der Waals surface area contributed by atoms with Crippen molar-refractivity contribution in [2.75, 3.05) is 7.11 Å². The Morgan fingerprint density at radius 3 is 1.96 bits per heavy atom.